The van der Waals surface area contributed by atoms with Crippen LogP contribution in [0.1, 0.15) is 12.5 Å². The molecule has 1 aliphatic heterocycles. The van der Waals surface area contributed by atoms with Crippen molar-refractivity contribution in [3.05, 3.63) is 35.6 Å². The molecule has 0 amide bonds. The predicted molar refractivity (Wildman–Crippen MR) is 97.7 cm³/mol. The Morgan fingerprint density at radius 1 is 1.21 bits per heavy atom. The lowest BCUT2D eigenvalue weighted by Crippen LogP contribution is -2.47. The first-order chi connectivity index (χ1) is 11.6. The first-order valence-corrected chi connectivity index (χ1v) is 8.67. The van der Waals surface area contributed by atoms with Crippen molar-refractivity contribution in [3.8, 4) is 0 Å². The van der Waals surface area contributed by atoms with Gasteiger partial charge in [-0.15, -0.1) is 0 Å². The number of nitrogens with one attached hydrogen (secondary N) is 2. The van der Waals surface area contributed by atoms with Gasteiger partial charge < -0.3 is 20.4 Å². The SMILES string of the molecule is CN=C(NCc1ccccc1F)NCC(C)CN1CCN(C)CC1. The number of aliphatic imine (C=N–C) groups is 1. The molecule has 1 heterocycles. The number of halogens is 1. The fourth-order valence-corrected chi connectivity index (χ4v) is 2.85. The van der Waals surface area contributed by atoms with Crippen molar-refractivity contribution in [2.24, 2.45) is 10.9 Å². The van der Waals surface area contributed by atoms with Crippen LogP contribution in [0.15, 0.2) is 29.3 Å². The lowest BCUT2D eigenvalue weighted by atomic mass is 10.1. The van der Waals surface area contributed by atoms with E-state index >= 15 is 0 Å². The zero-order valence-electron chi connectivity index (χ0n) is 15.1. The molecular formula is C18H30FN5. The molecule has 0 radical (unpaired) electrons. The molecule has 0 spiro atoms. The summed E-state index contributed by atoms with van der Waals surface area (Å²) < 4.78 is 13.6. The molecule has 134 valence electrons. The molecule has 2 N–H and O–H groups in total. The van der Waals surface area contributed by atoms with Crippen LogP contribution in [-0.4, -0.2) is 69.1 Å². The fourth-order valence-electron chi connectivity index (χ4n) is 2.85. The van der Waals surface area contributed by atoms with E-state index in [9.17, 15) is 4.39 Å². The summed E-state index contributed by atoms with van der Waals surface area (Å²) in [5.41, 5.74) is 0.644. The Balaban J connectivity index is 1.70. The predicted octanol–water partition coefficient (Wildman–Crippen LogP) is 1.37. The second-order valence-corrected chi connectivity index (χ2v) is 6.61. The third kappa shape index (κ3) is 6.09. The lowest BCUT2D eigenvalue weighted by Gasteiger charge is -2.34. The van der Waals surface area contributed by atoms with Gasteiger partial charge in [0.2, 0.25) is 0 Å². The largest absolute Gasteiger partial charge is 0.356 e. The van der Waals surface area contributed by atoms with Crippen LogP contribution in [0.2, 0.25) is 0 Å². The lowest BCUT2D eigenvalue weighted by molar-refractivity contribution is 0.139. The van der Waals surface area contributed by atoms with Gasteiger partial charge in [0.25, 0.3) is 0 Å². The number of guanidine groups is 1. The third-order valence-corrected chi connectivity index (χ3v) is 4.41. The van der Waals surface area contributed by atoms with E-state index in [-0.39, 0.29) is 5.82 Å². The molecule has 1 unspecified atom stereocenters. The van der Waals surface area contributed by atoms with Crippen LogP contribution in [0, 0.1) is 11.7 Å². The van der Waals surface area contributed by atoms with Gasteiger partial charge in [-0.25, -0.2) is 4.39 Å². The zero-order chi connectivity index (χ0) is 17.4. The topological polar surface area (TPSA) is 42.9 Å². The highest BCUT2D eigenvalue weighted by Crippen LogP contribution is 2.06. The Morgan fingerprint density at radius 3 is 2.58 bits per heavy atom. The summed E-state index contributed by atoms with van der Waals surface area (Å²) in [7, 11) is 3.91. The summed E-state index contributed by atoms with van der Waals surface area (Å²) >= 11 is 0. The van der Waals surface area contributed by atoms with Crippen LogP contribution in [0.5, 0.6) is 0 Å². The number of piperazine rings is 1. The van der Waals surface area contributed by atoms with Gasteiger partial charge in [0, 0.05) is 58.4 Å². The summed E-state index contributed by atoms with van der Waals surface area (Å²) in [6.07, 6.45) is 0. The standard InChI is InChI=1S/C18H30FN5/c1-15(14-24-10-8-23(3)9-11-24)12-21-18(20-2)22-13-16-6-4-5-7-17(16)19/h4-7,15H,8-14H2,1-3H3,(H2,20,21,22). The minimum absolute atomic E-state index is 0.191. The molecule has 1 aromatic carbocycles. The van der Waals surface area contributed by atoms with Crippen molar-refractivity contribution in [1.82, 2.24) is 20.4 Å². The van der Waals surface area contributed by atoms with Gasteiger partial charge in [0.15, 0.2) is 5.96 Å². The van der Waals surface area contributed by atoms with Gasteiger partial charge in [0.05, 0.1) is 0 Å². The zero-order valence-corrected chi connectivity index (χ0v) is 15.1. The van der Waals surface area contributed by atoms with Crippen LogP contribution >= 0.6 is 0 Å². The summed E-state index contributed by atoms with van der Waals surface area (Å²) in [6.45, 7) is 9.18. The Labute approximate surface area is 144 Å². The Bertz CT molecular complexity index is 526. The average molecular weight is 335 g/mol. The third-order valence-electron chi connectivity index (χ3n) is 4.41. The molecule has 1 saturated heterocycles. The summed E-state index contributed by atoms with van der Waals surface area (Å²) in [5, 5.41) is 6.51. The molecule has 0 aliphatic carbocycles. The first kappa shape index (κ1) is 18.7. The van der Waals surface area contributed by atoms with Crippen molar-refractivity contribution in [2.45, 2.75) is 13.5 Å². The number of hydrogen-bond donors (Lipinski definition) is 2. The van der Waals surface area contributed by atoms with E-state index in [0.29, 0.717) is 24.0 Å². The van der Waals surface area contributed by atoms with E-state index in [0.717, 1.165) is 39.3 Å². The van der Waals surface area contributed by atoms with Crippen LogP contribution in [0.3, 0.4) is 0 Å². The molecule has 0 bridgehead atoms. The van der Waals surface area contributed by atoms with E-state index < -0.39 is 0 Å². The van der Waals surface area contributed by atoms with Crippen molar-refractivity contribution in [2.75, 3.05) is 53.4 Å². The highest BCUT2D eigenvalue weighted by molar-refractivity contribution is 5.79. The molecule has 1 aromatic rings. The maximum absolute atomic E-state index is 13.6. The first-order valence-electron chi connectivity index (χ1n) is 8.67. The van der Waals surface area contributed by atoms with E-state index in [4.69, 9.17) is 0 Å². The van der Waals surface area contributed by atoms with Gasteiger partial charge in [-0.3, -0.25) is 4.99 Å². The average Bonchev–Trinajstić information content (AvgIpc) is 2.58. The molecular weight excluding hydrogens is 305 g/mol. The molecule has 0 aromatic heterocycles. The second kappa shape index (κ2) is 9.59. The molecule has 2 rings (SSSR count). The molecule has 1 fully saturated rings. The Hall–Kier alpha value is -1.66. The van der Waals surface area contributed by atoms with Crippen LogP contribution in [-0.2, 0) is 6.54 Å². The van der Waals surface area contributed by atoms with Gasteiger partial charge in [0.1, 0.15) is 5.82 Å². The van der Waals surface area contributed by atoms with E-state index in [2.05, 4.69) is 39.4 Å². The minimum Gasteiger partial charge on any atom is -0.356 e. The molecule has 0 saturated carbocycles. The normalized spacial score (nSPS) is 18.4. The minimum atomic E-state index is -0.191. The van der Waals surface area contributed by atoms with Crippen molar-refractivity contribution < 1.29 is 4.39 Å². The summed E-state index contributed by atoms with van der Waals surface area (Å²) in [6, 6.07) is 6.80. The van der Waals surface area contributed by atoms with E-state index in [1.165, 1.54) is 6.07 Å². The van der Waals surface area contributed by atoms with Crippen LogP contribution < -0.4 is 10.6 Å². The van der Waals surface area contributed by atoms with Crippen LogP contribution in [0.4, 0.5) is 4.39 Å². The monoisotopic (exact) mass is 335 g/mol. The Morgan fingerprint density at radius 2 is 1.92 bits per heavy atom. The van der Waals surface area contributed by atoms with Gasteiger partial charge >= 0.3 is 0 Å². The number of likely N-dealkylation sites (N-methyl/N-ethyl adjacent to an activating group) is 1. The van der Waals surface area contributed by atoms with Crippen molar-refractivity contribution >= 4 is 5.96 Å². The fraction of sp³-hybridized carbons (Fsp3) is 0.611. The van der Waals surface area contributed by atoms with Crippen molar-refractivity contribution in [3.63, 3.8) is 0 Å². The maximum Gasteiger partial charge on any atom is 0.191 e. The van der Waals surface area contributed by atoms with Crippen LogP contribution in [0.25, 0.3) is 0 Å². The maximum atomic E-state index is 13.6. The Kier molecular flexibility index (Phi) is 7.46. The second-order valence-electron chi connectivity index (χ2n) is 6.61. The van der Waals surface area contributed by atoms with Crippen molar-refractivity contribution in [1.29, 1.82) is 0 Å². The van der Waals surface area contributed by atoms with Gasteiger partial charge in [-0.2, -0.15) is 0 Å². The molecule has 1 atom stereocenters. The summed E-state index contributed by atoms with van der Waals surface area (Å²) in [5.74, 6) is 1.05. The van der Waals surface area contributed by atoms with Gasteiger partial charge in [-0.05, 0) is 19.0 Å². The van der Waals surface area contributed by atoms with E-state index in [1.807, 2.05) is 6.07 Å². The quantitative estimate of drug-likeness (QED) is 0.609. The number of rotatable bonds is 6. The smallest absolute Gasteiger partial charge is 0.191 e. The van der Waals surface area contributed by atoms with Gasteiger partial charge in [-0.1, -0.05) is 25.1 Å². The summed E-state index contributed by atoms with van der Waals surface area (Å²) in [4.78, 5) is 9.10. The highest BCUT2D eigenvalue weighted by atomic mass is 19.1. The molecule has 1 aliphatic rings. The highest BCUT2D eigenvalue weighted by Gasteiger charge is 2.16. The molecule has 24 heavy (non-hydrogen) atoms. The molecule has 5 nitrogen and oxygen atoms in total. The van der Waals surface area contributed by atoms with E-state index in [1.54, 1.807) is 19.2 Å². The number of nitrogens with zero attached hydrogens (tertiary/aromatic N) is 3. The number of hydrogen-bond acceptors (Lipinski definition) is 3. The number of benzene rings is 1. The molecule has 6 heteroatoms.